The van der Waals surface area contributed by atoms with Crippen molar-refractivity contribution in [2.75, 3.05) is 0 Å². The van der Waals surface area contributed by atoms with E-state index in [-0.39, 0.29) is 5.78 Å². The van der Waals surface area contributed by atoms with Crippen LogP contribution in [-0.4, -0.2) is 20.5 Å². The first-order valence-corrected chi connectivity index (χ1v) is 5.24. The van der Waals surface area contributed by atoms with Crippen LogP contribution in [0.25, 0.3) is 0 Å². The van der Waals surface area contributed by atoms with Crippen molar-refractivity contribution in [1.82, 2.24) is 14.8 Å². The predicted octanol–water partition coefficient (Wildman–Crippen LogP) is 1.72. The standard InChI is InChI=1S/C12H13N3O/c1-2-15-9-11(8-14-15)12(16)6-10-4-3-5-13-7-10/h3-5,7-9H,2,6H2,1H3. The van der Waals surface area contributed by atoms with E-state index in [1.54, 1.807) is 29.5 Å². The van der Waals surface area contributed by atoms with E-state index in [9.17, 15) is 4.79 Å². The predicted molar refractivity (Wildman–Crippen MR) is 60.2 cm³/mol. The smallest absolute Gasteiger partial charge is 0.170 e. The van der Waals surface area contributed by atoms with Crippen molar-refractivity contribution < 1.29 is 4.79 Å². The summed E-state index contributed by atoms with van der Waals surface area (Å²) < 4.78 is 1.75. The third kappa shape index (κ3) is 2.34. The van der Waals surface area contributed by atoms with Crippen LogP contribution in [0, 0.1) is 0 Å². The van der Waals surface area contributed by atoms with Gasteiger partial charge in [0.2, 0.25) is 0 Å². The van der Waals surface area contributed by atoms with Gasteiger partial charge in [-0.05, 0) is 18.6 Å². The molecule has 4 nitrogen and oxygen atoms in total. The minimum Gasteiger partial charge on any atom is -0.294 e. The van der Waals surface area contributed by atoms with Gasteiger partial charge in [-0.1, -0.05) is 6.07 Å². The molecule has 0 saturated carbocycles. The molecule has 0 aliphatic heterocycles. The second kappa shape index (κ2) is 4.70. The van der Waals surface area contributed by atoms with Gasteiger partial charge in [-0.25, -0.2) is 0 Å². The number of aryl methyl sites for hydroxylation is 1. The van der Waals surface area contributed by atoms with Crippen molar-refractivity contribution in [3.63, 3.8) is 0 Å². The van der Waals surface area contributed by atoms with Gasteiger partial charge in [-0.2, -0.15) is 5.10 Å². The molecule has 0 N–H and O–H groups in total. The molecule has 0 aliphatic rings. The zero-order valence-corrected chi connectivity index (χ0v) is 9.13. The number of Topliss-reactive ketones (excluding diaryl/α,β-unsaturated/α-hetero) is 1. The fraction of sp³-hybridized carbons (Fsp3) is 0.250. The lowest BCUT2D eigenvalue weighted by atomic mass is 10.1. The molecule has 2 heterocycles. The number of carbonyl (C=O) groups excluding carboxylic acids is 1. The largest absolute Gasteiger partial charge is 0.294 e. The number of hydrogen-bond acceptors (Lipinski definition) is 3. The summed E-state index contributed by atoms with van der Waals surface area (Å²) in [5.41, 5.74) is 1.59. The van der Waals surface area contributed by atoms with Gasteiger partial charge in [-0.3, -0.25) is 14.5 Å². The summed E-state index contributed by atoms with van der Waals surface area (Å²) in [4.78, 5) is 15.8. The number of aromatic nitrogens is 3. The van der Waals surface area contributed by atoms with E-state index < -0.39 is 0 Å². The molecule has 82 valence electrons. The number of nitrogens with zero attached hydrogens (tertiary/aromatic N) is 3. The third-order valence-corrected chi connectivity index (χ3v) is 2.37. The summed E-state index contributed by atoms with van der Waals surface area (Å²) in [6, 6.07) is 3.73. The molecule has 0 atom stereocenters. The van der Waals surface area contributed by atoms with Gasteiger partial charge in [-0.15, -0.1) is 0 Å². The summed E-state index contributed by atoms with van der Waals surface area (Å²) >= 11 is 0. The molecule has 0 saturated heterocycles. The first-order valence-electron chi connectivity index (χ1n) is 5.24. The van der Waals surface area contributed by atoms with Crippen LogP contribution >= 0.6 is 0 Å². The monoisotopic (exact) mass is 215 g/mol. The van der Waals surface area contributed by atoms with Crippen LogP contribution in [0.5, 0.6) is 0 Å². The Kier molecular flexibility index (Phi) is 3.10. The van der Waals surface area contributed by atoms with Crippen LogP contribution < -0.4 is 0 Å². The lowest BCUT2D eigenvalue weighted by Crippen LogP contribution is -2.02. The molecule has 2 aromatic heterocycles. The van der Waals surface area contributed by atoms with Crippen LogP contribution in [0.1, 0.15) is 22.8 Å². The van der Waals surface area contributed by atoms with Gasteiger partial charge in [0.1, 0.15) is 0 Å². The lowest BCUT2D eigenvalue weighted by molar-refractivity contribution is 0.0993. The number of carbonyl (C=O) groups is 1. The summed E-state index contributed by atoms with van der Waals surface area (Å²) in [5.74, 6) is 0.0766. The van der Waals surface area contributed by atoms with E-state index in [1.807, 2.05) is 19.1 Å². The fourth-order valence-electron chi connectivity index (χ4n) is 1.47. The Balaban J connectivity index is 2.09. The second-order valence-corrected chi connectivity index (χ2v) is 3.55. The van der Waals surface area contributed by atoms with Crippen LogP contribution in [0.4, 0.5) is 0 Å². The number of ketones is 1. The van der Waals surface area contributed by atoms with Gasteiger partial charge in [0.05, 0.1) is 11.8 Å². The van der Waals surface area contributed by atoms with E-state index in [0.717, 1.165) is 12.1 Å². The molecule has 0 unspecified atom stereocenters. The molecule has 4 heteroatoms. The van der Waals surface area contributed by atoms with Gasteiger partial charge < -0.3 is 0 Å². The lowest BCUT2D eigenvalue weighted by Gasteiger charge is -1.97. The number of rotatable bonds is 4. The number of hydrogen-bond donors (Lipinski definition) is 0. The molecular formula is C12H13N3O. The SMILES string of the molecule is CCn1cc(C(=O)Cc2cccnc2)cn1. The Morgan fingerprint density at radius 3 is 2.94 bits per heavy atom. The normalized spacial score (nSPS) is 10.3. The van der Waals surface area contributed by atoms with Gasteiger partial charge >= 0.3 is 0 Å². The first kappa shape index (κ1) is 10.5. The van der Waals surface area contributed by atoms with Gasteiger partial charge in [0.25, 0.3) is 0 Å². The molecule has 2 aromatic rings. The molecule has 0 fully saturated rings. The summed E-state index contributed by atoms with van der Waals surface area (Å²) in [6.45, 7) is 2.77. The highest BCUT2D eigenvalue weighted by Gasteiger charge is 2.09. The molecule has 0 spiro atoms. The topological polar surface area (TPSA) is 47.8 Å². The van der Waals surface area contributed by atoms with E-state index in [2.05, 4.69) is 10.1 Å². The highest BCUT2D eigenvalue weighted by atomic mass is 16.1. The van der Waals surface area contributed by atoms with Crippen molar-refractivity contribution in [2.45, 2.75) is 19.9 Å². The van der Waals surface area contributed by atoms with Gasteiger partial charge in [0.15, 0.2) is 5.78 Å². The summed E-state index contributed by atoms with van der Waals surface area (Å²) in [5, 5.41) is 4.08. The highest BCUT2D eigenvalue weighted by molar-refractivity contribution is 5.97. The van der Waals surface area contributed by atoms with Gasteiger partial charge in [0, 0.05) is 31.6 Å². The van der Waals surface area contributed by atoms with Crippen molar-refractivity contribution >= 4 is 5.78 Å². The third-order valence-electron chi connectivity index (χ3n) is 2.37. The molecule has 0 bridgehead atoms. The Morgan fingerprint density at radius 1 is 1.44 bits per heavy atom. The van der Waals surface area contributed by atoms with Crippen molar-refractivity contribution in [3.05, 3.63) is 48.0 Å². The van der Waals surface area contributed by atoms with Crippen LogP contribution in [-0.2, 0) is 13.0 Å². The molecule has 0 aromatic carbocycles. The molecule has 2 rings (SSSR count). The molecular weight excluding hydrogens is 202 g/mol. The van der Waals surface area contributed by atoms with Crippen LogP contribution in [0.2, 0.25) is 0 Å². The number of pyridine rings is 1. The average Bonchev–Trinajstić information content (AvgIpc) is 2.79. The first-order chi connectivity index (χ1) is 7.79. The molecule has 0 aliphatic carbocycles. The van der Waals surface area contributed by atoms with Crippen molar-refractivity contribution in [2.24, 2.45) is 0 Å². The van der Waals surface area contributed by atoms with Crippen LogP contribution in [0.3, 0.4) is 0 Å². The fourth-order valence-corrected chi connectivity index (χ4v) is 1.47. The van der Waals surface area contributed by atoms with E-state index in [4.69, 9.17) is 0 Å². The molecule has 0 amide bonds. The maximum Gasteiger partial charge on any atom is 0.170 e. The Labute approximate surface area is 93.9 Å². The Hall–Kier alpha value is -1.97. The zero-order chi connectivity index (χ0) is 11.4. The summed E-state index contributed by atoms with van der Waals surface area (Å²) in [7, 11) is 0. The van der Waals surface area contributed by atoms with E-state index in [1.165, 1.54) is 0 Å². The second-order valence-electron chi connectivity index (χ2n) is 3.55. The quantitative estimate of drug-likeness (QED) is 0.730. The summed E-state index contributed by atoms with van der Waals surface area (Å²) in [6.07, 6.45) is 7.18. The van der Waals surface area contributed by atoms with E-state index >= 15 is 0 Å². The Bertz CT molecular complexity index is 476. The average molecular weight is 215 g/mol. The Morgan fingerprint density at radius 2 is 2.31 bits per heavy atom. The minimum absolute atomic E-state index is 0.0766. The minimum atomic E-state index is 0.0766. The maximum atomic E-state index is 11.9. The zero-order valence-electron chi connectivity index (χ0n) is 9.13. The highest BCUT2D eigenvalue weighted by Crippen LogP contribution is 2.05. The van der Waals surface area contributed by atoms with Crippen molar-refractivity contribution in [1.29, 1.82) is 0 Å². The van der Waals surface area contributed by atoms with Crippen molar-refractivity contribution in [3.8, 4) is 0 Å². The van der Waals surface area contributed by atoms with E-state index in [0.29, 0.717) is 12.0 Å². The van der Waals surface area contributed by atoms with Crippen LogP contribution in [0.15, 0.2) is 36.9 Å². The molecule has 16 heavy (non-hydrogen) atoms. The molecule has 0 radical (unpaired) electrons. The maximum absolute atomic E-state index is 11.9.